The van der Waals surface area contributed by atoms with Crippen LogP contribution < -0.4 is 10.1 Å². The zero-order chi connectivity index (χ0) is 21.5. The van der Waals surface area contributed by atoms with Crippen LogP contribution >= 0.6 is 0 Å². The summed E-state index contributed by atoms with van der Waals surface area (Å²) >= 11 is 0. The quantitative estimate of drug-likeness (QED) is 0.510. The van der Waals surface area contributed by atoms with Crippen LogP contribution in [-0.2, 0) is 4.79 Å². The summed E-state index contributed by atoms with van der Waals surface area (Å²) in [5.41, 5.74) is 4.02. The Morgan fingerprint density at radius 1 is 1.13 bits per heavy atom. The van der Waals surface area contributed by atoms with Crippen LogP contribution in [0.25, 0.3) is 0 Å². The lowest BCUT2D eigenvalue weighted by molar-refractivity contribution is -0.126. The molecule has 1 aromatic rings. The molecule has 1 saturated heterocycles. The van der Waals surface area contributed by atoms with Crippen LogP contribution in [0.1, 0.15) is 87.9 Å². The van der Waals surface area contributed by atoms with Gasteiger partial charge in [0.2, 0.25) is 5.91 Å². The smallest absolute Gasteiger partial charge is 0.223 e. The molecular weight excluding hydrogens is 372 g/mol. The van der Waals surface area contributed by atoms with Gasteiger partial charge in [0.15, 0.2) is 0 Å². The van der Waals surface area contributed by atoms with Gasteiger partial charge in [0.05, 0.1) is 6.61 Å². The summed E-state index contributed by atoms with van der Waals surface area (Å²) in [4.78, 5) is 14.9. The van der Waals surface area contributed by atoms with Crippen LogP contribution in [-0.4, -0.2) is 37.0 Å². The van der Waals surface area contributed by atoms with E-state index in [4.69, 9.17) is 4.74 Å². The summed E-state index contributed by atoms with van der Waals surface area (Å²) in [5, 5.41) is 3.23. The number of ether oxygens (including phenoxy) is 1. The van der Waals surface area contributed by atoms with Crippen molar-refractivity contribution in [2.75, 3.05) is 26.2 Å². The highest BCUT2D eigenvalue weighted by Crippen LogP contribution is 2.34. The van der Waals surface area contributed by atoms with Crippen molar-refractivity contribution in [3.05, 3.63) is 28.8 Å². The van der Waals surface area contributed by atoms with Gasteiger partial charge < -0.3 is 10.1 Å². The molecule has 30 heavy (non-hydrogen) atoms. The summed E-state index contributed by atoms with van der Waals surface area (Å²) in [7, 11) is 0. The van der Waals surface area contributed by atoms with Crippen LogP contribution in [0.3, 0.4) is 0 Å². The molecule has 1 N–H and O–H groups in total. The Morgan fingerprint density at radius 3 is 2.57 bits per heavy atom. The molecule has 0 aromatic heterocycles. The molecule has 168 valence electrons. The van der Waals surface area contributed by atoms with E-state index in [0.717, 1.165) is 51.3 Å². The van der Waals surface area contributed by atoms with E-state index >= 15 is 0 Å². The highest BCUT2D eigenvalue weighted by Gasteiger charge is 2.32. The van der Waals surface area contributed by atoms with E-state index in [2.05, 4.69) is 50.0 Å². The van der Waals surface area contributed by atoms with Crippen molar-refractivity contribution in [2.24, 2.45) is 11.8 Å². The zero-order valence-corrected chi connectivity index (χ0v) is 19.6. The van der Waals surface area contributed by atoms with Crippen molar-refractivity contribution < 1.29 is 9.53 Å². The van der Waals surface area contributed by atoms with Gasteiger partial charge in [0, 0.05) is 37.5 Å². The molecule has 1 saturated carbocycles. The van der Waals surface area contributed by atoms with Crippen molar-refractivity contribution in [1.82, 2.24) is 10.2 Å². The van der Waals surface area contributed by atoms with Gasteiger partial charge in [-0.05, 0) is 62.8 Å². The van der Waals surface area contributed by atoms with E-state index in [1.54, 1.807) is 0 Å². The van der Waals surface area contributed by atoms with Gasteiger partial charge in [-0.2, -0.15) is 0 Å². The number of amides is 1. The standard InChI is InChI=1S/C26H42N2O2/c1-5-6-10-15-30-25-14-13-24(19(2)20(25)3)21(4)28-17-22(18-28)16-27-26(29)23-11-8-7-9-12-23/h13-14,21-23H,5-12,15-18H2,1-4H3,(H,27,29). The van der Waals surface area contributed by atoms with Crippen molar-refractivity contribution in [3.8, 4) is 5.75 Å². The van der Waals surface area contributed by atoms with Crippen LogP contribution in [0.4, 0.5) is 0 Å². The highest BCUT2D eigenvalue weighted by molar-refractivity contribution is 5.78. The lowest BCUT2D eigenvalue weighted by atomic mass is 9.88. The lowest BCUT2D eigenvalue weighted by Crippen LogP contribution is -2.52. The molecule has 1 unspecified atom stereocenters. The van der Waals surface area contributed by atoms with Crippen LogP contribution in [0.2, 0.25) is 0 Å². The second kappa shape index (κ2) is 11.2. The molecule has 0 spiro atoms. The van der Waals surface area contributed by atoms with Crippen LogP contribution in [0, 0.1) is 25.7 Å². The molecule has 0 radical (unpaired) electrons. The summed E-state index contributed by atoms with van der Waals surface area (Å²) in [6.07, 6.45) is 9.46. The normalized spacial score (nSPS) is 19.3. The summed E-state index contributed by atoms with van der Waals surface area (Å²) in [5.74, 6) is 2.18. The molecule has 4 heteroatoms. The maximum atomic E-state index is 12.4. The summed E-state index contributed by atoms with van der Waals surface area (Å²) < 4.78 is 6.02. The van der Waals surface area contributed by atoms with E-state index in [-0.39, 0.29) is 5.92 Å². The Morgan fingerprint density at radius 2 is 1.87 bits per heavy atom. The first-order valence-corrected chi connectivity index (χ1v) is 12.3. The molecule has 1 amide bonds. The molecular formula is C26H42N2O2. The van der Waals surface area contributed by atoms with E-state index in [9.17, 15) is 4.79 Å². The van der Waals surface area contributed by atoms with Crippen LogP contribution in [0.15, 0.2) is 12.1 Å². The molecule has 1 heterocycles. The van der Waals surface area contributed by atoms with E-state index in [1.165, 1.54) is 48.8 Å². The Labute approximate surface area is 183 Å². The minimum atomic E-state index is 0.266. The zero-order valence-electron chi connectivity index (χ0n) is 19.6. The first kappa shape index (κ1) is 23.1. The summed E-state index contributed by atoms with van der Waals surface area (Å²) in [6.45, 7) is 12.7. The van der Waals surface area contributed by atoms with Gasteiger partial charge in [-0.3, -0.25) is 9.69 Å². The van der Waals surface area contributed by atoms with Gasteiger partial charge in [-0.25, -0.2) is 0 Å². The number of carbonyl (C=O) groups excluding carboxylic acids is 1. The Balaban J connectivity index is 1.45. The van der Waals surface area contributed by atoms with E-state index in [1.807, 2.05) is 0 Å². The van der Waals surface area contributed by atoms with Gasteiger partial charge in [-0.15, -0.1) is 0 Å². The molecule has 1 aliphatic carbocycles. The third kappa shape index (κ3) is 5.78. The molecule has 1 atom stereocenters. The average Bonchev–Trinajstić information content (AvgIpc) is 2.73. The molecule has 3 rings (SSSR count). The Hall–Kier alpha value is -1.55. The second-order valence-electron chi connectivity index (χ2n) is 9.53. The predicted molar refractivity (Wildman–Crippen MR) is 124 cm³/mol. The number of hydrogen-bond donors (Lipinski definition) is 1. The van der Waals surface area contributed by atoms with Gasteiger partial charge in [-0.1, -0.05) is 45.1 Å². The number of nitrogens with one attached hydrogen (secondary N) is 1. The number of carbonyl (C=O) groups is 1. The van der Waals surface area contributed by atoms with Crippen molar-refractivity contribution in [3.63, 3.8) is 0 Å². The topological polar surface area (TPSA) is 41.6 Å². The maximum absolute atomic E-state index is 12.4. The molecule has 4 nitrogen and oxygen atoms in total. The van der Waals surface area contributed by atoms with Gasteiger partial charge >= 0.3 is 0 Å². The maximum Gasteiger partial charge on any atom is 0.223 e. The van der Waals surface area contributed by atoms with Gasteiger partial charge in [0.25, 0.3) is 0 Å². The fourth-order valence-corrected chi connectivity index (χ4v) is 4.97. The Kier molecular flexibility index (Phi) is 8.61. The van der Waals surface area contributed by atoms with E-state index in [0.29, 0.717) is 17.9 Å². The number of benzene rings is 1. The Bertz CT molecular complexity index is 691. The number of nitrogens with zero attached hydrogens (tertiary/aromatic N) is 1. The number of likely N-dealkylation sites (tertiary alicyclic amines) is 1. The third-order valence-corrected chi connectivity index (χ3v) is 7.31. The van der Waals surface area contributed by atoms with Crippen molar-refractivity contribution in [1.29, 1.82) is 0 Å². The lowest BCUT2D eigenvalue weighted by Gasteiger charge is -2.44. The van der Waals surface area contributed by atoms with E-state index < -0.39 is 0 Å². The monoisotopic (exact) mass is 414 g/mol. The minimum absolute atomic E-state index is 0.266. The number of hydrogen-bond acceptors (Lipinski definition) is 3. The molecule has 0 bridgehead atoms. The first-order chi connectivity index (χ1) is 14.5. The fraction of sp³-hybridized carbons (Fsp3) is 0.731. The average molecular weight is 415 g/mol. The molecule has 1 aliphatic heterocycles. The molecule has 2 aliphatic rings. The van der Waals surface area contributed by atoms with Crippen LogP contribution in [0.5, 0.6) is 5.75 Å². The highest BCUT2D eigenvalue weighted by atomic mass is 16.5. The molecule has 2 fully saturated rings. The summed E-state index contributed by atoms with van der Waals surface area (Å²) in [6, 6.07) is 4.81. The number of rotatable bonds is 10. The van der Waals surface area contributed by atoms with Gasteiger partial charge in [0.1, 0.15) is 5.75 Å². The predicted octanol–water partition coefficient (Wildman–Crippen LogP) is 5.56. The SMILES string of the molecule is CCCCCOc1ccc(C(C)N2CC(CNC(=O)C3CCCCC3)C2)c(C)c1C. The third-order valence-electron chi connectivity index (χ3n) is 7.31. The number of unbranched alkanes of at least 4 members (excludes halogenated alkanes) is 2. The minimum Gasteiger partial charge on any atom is -0.493 e. The first-order valence-electron chi connectivity index (χ1n) is 12.3. The largest absolute Gasteiger partial charge is 0.493 e. The second-order valence-corrected chi connectivity index (χ2v) is 9.53. The van der Waals surface area contributed by atoms with Crippen molar-refractivity contribution in [2.45, 2.75) is 85.1 Å². The van der Waals surface area contributed by atoms with Crippen molar-refractivity contribution >= 4 is 5.91 Å². The molecule has 1 aromatic carbocycles. The fourth-order valence-electron chi connectivity index (χ4n) is 4.97.